The zero-order valence-corrected chi connectivity index (χ0v) is 11.7. The van der Waals surface area contributed by atoms with Crippen molar-refractivity contribution < 1.29 is 9.53 Å². The van der Waals surface area contributed by atoms with Crippen LogP contribution in [-0.4, -0.2) is 31.7 Å². The van der Waals surface area contributed by atoms with Crippen LogP contribution in [0.1, 0.15) is 46.5 Å². The normalized spacial score (nSPS) is 16.3. The number of hydrogen-bond donors (Lipinski definition) is 2. The summed E-state index contributed by atoms with van der Waals surface area (Å²) in [6.07, 6.45) is 3.78. The van der Waals surface area contributed by atoms with Crippen LogP contribution in [0.2, 0.25) is 0 Å². The molecule has 1 amide bonds. The SMILES string of the molecule is CCC(COC)NC(=O)C(C)CCCC(C)N. The van der Waals surface area contributed by atoms with Crippen molar-refractivity contribution in [1.82, 2.24) is 5.32 Å². The second-order valence-electron chi connectivity index (χ2n) is 4.88. The third kappa shape index (κ3) is 8.16. The molecule has 0 radical (unpaired) electrons. The van der Waals surface area contributed by atoms with Crippen molar-refractivity contribution in [3.8, 4) is 0 Å². The first-order chi connectivity index (χ1) is 8.01. The molecule has 0 bridgehead atoms. The van der Waals surface area contributed by atoms with Gasteiger partial charge in [-0.15, -0.1) is 0 Å². The average Bonchev–Trinajstić information content (AvgIpc) is 2.27. The Morgan fingerprint density at radius 1 is 1.35 bits per heavy atom. The van der Waals surface area contributed by atoms with Crippen LogP contribution in [-0.2, 0) is 9.53 Å². The van der Waals surface area contributed by atoms with Crippen LogP contribution < -0.4 is 11.1 Å². The van der Waals surface area contributed by atoms with E-state index in [-0.39, 0.29) is 23.9 Å². The average molecular weight is 244 g/mol. The summed E-state index contributed by atoms with van der Waals surface area (Å²) in [5.74, 6) is 0.179. The van der Waals surface area contributed by atoms with E-state index in [0.717, 1.165) is 25.7 Å². The van der Waals surface area contributed by atoms with Gasteiger partial charge in [-0.05, 0) is 26.2 Å². The Balaban J connectivity index is 3.86. The monoisotopic (exact) mass is 244 g/mol. The van der Waals surface area contributed by atoms with E-state index in [9.17, 15) is 4.79 Å². The first kappa shape index (κ1) is 16.4. The second-order valence-corrected chi connectivity index (χ2v) is 4.88. The molecular formula is C13H28N2O2. The Morgan fingerprint density at radius 2 is 2.00 bits per heavy atom. The summed E-state index contributed by atoms with van der Waals surface area (Å²) in [7, 11) is 1.65. The largest absolute Gasteiger partial charge is 0.383 e. The van der Waals surface area contributed by atoms with Gasteiger partial charge in [0.1, 0.15) is 0 Å². The maximum Gasteiger partial charge on any atom is 0.223 e. The Hall–Kier alpha value is -0.610. The zero-order valence-electron chi connectivity index (χ0n) is 11.7. The van der Waals surface area contributed by atoms with Crippen molar-refractivity contribution in [2.45, 2.75) is 58.5 Å². The van der Waals surface area contributed by atoms with Gasteiger partial charge in [-0.25, -0.2) is 0 Å². The Kier molecular flexibility index (Phi) is 9.09. The number of methoxy groups -OCH3 is 1. The molecule has 0 saturated heterocycles. The Morgan fingerprint density at radius 3 is 2.47 bits per heavy atom. The molecule has 102 valence electrons. The highest BCUT2D eigenvalue weighted by molar-refractivity contribution is 5.78. The van der Waals surface area contributed by atoms with Crippen LogP contribution in [0.5, 0.6) is 0 Å². The zero-order chi connectivity index (χ0) is 13.3. The molecule has 0 aliphatic rings. The number of carbonyl (C=O) groups is 1. The van der Waals surface area contributed by atoms with Crippen molar-refractivity contribution in [2.75, 3.05) is 13.7 Å². The van der Waals surface area contributed by atoms with Crippen LogP contribution in [0.25, 0.3) is 0 Å². The van der Waals surface area contributed by atoms with Crippen molar-refractivity contribution in [1.29, 1.82) is 0 Å². The number of ether oxygens (including phenoxy) is 1. The second kappa shape index (κ2) is 9.42. The van der Waals surface area contributed by atoms with E-state index < -0.39 is 0 Å². The molecule has 0 aromatic carbocycles. The molecule has 0 aromatic rings. The molecule has 3 atom stereocenters. The van der Waals surface area contributed by atoms with Crippen molar-refractivity contribution >= 4 is 5.91 Å². The van der Waals surface area contributed by atoms with Gasteiger partial charge in [0, 0.05) is 19.1 Å². The van der Waals surface area contributed by atoms with E-state index in [0.29, 0.717) is 6.61 Å². The van der Waals surface area contributed by atoms with Crippen LogP contribution >= 0.6 is 0 Å². The lowest BCUT2D eigenvalue weighted by Gasteiger charge is -2.19. The van der Waals surface area contributed by atoms with Crippen molar-refractivity contribution in [3.05, 3.63) is 0 Å². The molecule has 0 aromatic heterocycles. The maximum absolute atomic E-state index is 11.9. The molecule has 0 saturated carbocycles. The molecule has 0 spiro atoms. The Labute approximate surface area is 105 Å². The van der Waals surface area contributed by atoms with Crippen LogP contribution in [0.4, 0.5) is 0 Å². The summed E-state index contributed by atoms with van der Waals surface area (Å²) in [4.78, 5) is 11.9. The number of hydrogen-bond acceptors (Lipinski definition) is 3. The summed E-state index contributed by atoms with van der Waals surface area (Å²) in [5, 5.41) is 3.01. The molecule has 0 rings (SSSR count). The highest BCUT2D eigenvalue weighted by atomic mass is 16.5. The van der Waals surface area contributed by atoms with E-state index >= 15 is 0 Å². The van der Waals surface area contributed by atoms with Crippen molar-refractivity contribution in [3.63, 3.8) is 0 Å². The number of carbonyl (C=O) groups excluding carboxylic acids is 1. The highest BCUT2D eigenvalue weighted by Crippen LogP contribution is 2.09. The van der Waals surface area contributed by atoms with E-state index in [1.807, 2.05) is 20.8 Å². The fourth-order valence-corrected chi connectivity index (χ4v) is 1.68. The molecular weight excluding hydrogens is 216 g/mol. The minimum Gasteiger partial charge on any atom is -0.383 e. The third-order valence-corrected chi connectivity index (χ3v) is 2.95. The van der Waals surface area contributed by atoms with E-state index in [4.69, 9.17) is 10.5 Å². The van der Waals surface area contributed by atoms with Crippen LogP contribution in [0, 0.1) is 5.92 Å². The van der Waals surface area contributed by atoms with Gasteiger partial charge in [0.15, 0.2) is 0 Å². The third-order valence-electron chi connectivity index (χ3n) is 2.95. The van der Waals surface area contributed by atoms with E-state index in [2.05, 4.69) is 5.32 Å². The van der Waals surface area contributed by atoms with Gasteiger partial charge in [0.2, 0.25) is 5.91 Å². The summed E-state index contributed by atoms with van der Waals surface area (Å²) < 4.78 is 5.06. The van der Waals surface area contributed by atoms with Gasteiger partial charge >= 0.3 is 0 Å². The van der Waals surface area contributed by atoms with Gasteiger partial charge in [0.05, 0.1) is 12.6 Å². The van der Waals surface area contributed by atoms with Gasteiger partial charge in [0.25, 0.3) is 0 Å². The molecule has 4 heteroatoms. The number of nitrogens with two attached hydrogens (primary N) is 1. The molecule has 0 heterocycles. The number of rotatable bonds is 9. The molecule has 0 aliphatic carbocycles. The number of amides is 1. The minimum absolute atomic E-state index is 0.0552. The highest BCUT2D eigenvalue weighted by Gasteiger charge is 2.16. The first-order valence-electron chi connectivity index (χ1n) is 6.56. The maximum atomic E-state index is 11.9. The lowest BCUT2D eigenvalue weighted by atomic mass is 10.0. The summed E-state index contributed by atoms with van der Waals surface area (Å²) in [5.41, 5.74) is 5.68. The molecule has 3 unspecified atom stereocenters. The smallest absolute Gasteiger partial charge is 0.223 e. The predicted octanol–water partition coefficient (Wildman–Crippen LogP) is 1.68. The lowest BCUT2D eigenvalue weighted by Crippen LogP contribution is -2.40. The fourth-order valence-electron chi connectivity index (χ4n) is 1.68. The minimum atomic E-state index is 0.0552. The molecule has 4 nitrogen and oxygen atoms in total. The molecule has 0 fully saturated rings. The van der Waals surface area contributed by atoms with Crippen molar-refractivity contribution in [2.24, 2.45) is 11.7 Å². The van der Waals surface area contributed by atoms with Crippen LogP contribution in [0.15, 0.2) is 0 Å². The summed E-state index contributed by atoms with van der Waals surface area (Å²) in [6, 6.07) is 0.352. The molecule has 17 heavy (non-hydrogen) atoms. The van der Waals surface area contributed by atoms with E-state index in [1.54, 1.807) is 7.11 Å². The van der Waals surface area contributed by atoms with Gasteiger partial charge in [-0.3, -0.25) is 4.79 Å². The summed E-state index contributed by atoms with van der Waals surface area (Å²) in [6.45, 7) is 6.59. The van der Waals surface area contributed by atoms with Crippen LogP contribution in [0.3, 0.4) is 0 Å². The Bertz CT molecular complexity index is 208. The van der Waals surface area contributed by atoms with E-state index in [1.165, 1.54) is 0 Å². The number of nitrogens with one attached hydrogen (secondary N) is 1. The molecule has 3 N–H and O–H groups in total. The predicted molar refractivity (Wildman–Crippen MR) is 70.8 cm³/mol. The fraction of sp³-hybridized carbons (Fsp3) is 0.923. The van der Waals surface area contributed by atoms with Gasteiger partial charge < -0.3 is 15.8 Å². The van der Waals surface area contributed by atoms with Gasteiger partial charge in [-0.1, -0.05) is 20.3 Å². The standard InChI is InChI=1S/C13H28N2O2/c1-5-12(9-17-4)15-13(16)10(2)7-6-8-11(3)14/h10-12H,5-9,14H2,1-4H3,(H,15,16). The lowest BCUT2D eigenvalue weighted by molar-refractivity contribution is -0.125. The van der Waals surface area contributed by atoms with Gasteiger partial charge in [-0.2, -0.15) is 0 Å². The molecule has 0 aliphatic heterocycles. The quantitative estimate of drug-likeness (QED) is 0.648. The summed E-state index contributed by atoms with van der Waals surface area (Å²) >= 11 is 0. The topological polar surface area (TPSA) is 64.3 Å². The first-order valence-corrected chi connectivity index (χ1v) is 6.56.